The van der Waals surface area contributed by atoms with Gasteiger partial charge in [0, 0.05) is 37.2 Å². The molecule has 0 spiro atoms. The van der Waals surface area contributed by atoms with Crippen LogP contribution in [0.15, 0.2) is 138 Å². The molecule has 4 aromatic heterocycles. The van der Waals surface area contributed by atoms with E-state index in [1.165, 1.54) is 44.5 Å². The van der Waals surface area contributed by atoms with Gasteiger partial charge in [0.1, 0.15) is 5.58 Å². The molecule has 0 aliphatic carbocycles. The number of aryl methyl sites for hydroxylation is 9. The van der Waals surface area contributed by atoms with E-state index in [2.05, 4.69) is 129 Å². The van der Waals surface area contributed by atoms with Crippen LogP contribution in [-0.2, 0) is 52.8 Å². The molecule has 0 saturated carbocycles. The van der Waals surface area contributed by atoms with Gasteiger partial charge in [0.05, 0.1) is 11.4 Å². The predicted octanol–water partition coefficient (Wildman–Crippen LogP) is 12.0. The zero-order valence-corrected chi connectivity index (χ0v) is 36.0. The molecular formula is C52H45IrN4O. The molecule has 0 amide bonds. The van der Waals surface area contributed by atoms with Gasteiger partial charge in [0.15, 0.2) is 0 Å². The van der Waals surface area contributed by atoms with Crippen molar-refractivity contribution in [1.29, 1.82) is 0 Å². The molecule has 0 N–H and O–H groups in total. The molecule has 9 rings (SSSR count). The molecule has 0 atom stereocenters. The van der Waals surface area contributed by atoms with Crippen LogP contribution in [0.1, 0.15) is 44.5 Å². The van der Waals surface area contributed by atoms with Crippen LogP contribution in [0.25, 0.3) is 55.8 Å². The second-order valence-electron chi connectivity index (χ2n) is 14.9. The van der Waals surface area contributed by atoms with Crippen LogP contribution in [0.4, 0.5) is 0 Å². The first-order valence-corrected chi connectivity index (χ1v) is 19.5. The van der Waals surface area contributed by atoms with Crippen LogP contribution in [-0.4, -0.2) is 19.5 Å². The van der Waals surface area contributed by atoms with Gasteiger partial charge >= 0.3 is 20.1 Å². The smallest absolute Gasteiger partial charge is 0.501 e. The van der Waals surface area contributed by atoms with Crippen LogP contribution >= 0.6 is 0 Å². The van der Waals surface area contributed by atoms with Gasteiger partial charge in [-0.05, 0) is 79.7 Å². The van der Waals surface area contributed by atoms with Crippen molar-refractivity contribution in [3.63, 3.8) is 0 Å². The molecule has 0 bridgehead atoms. The first kappa shape index (κ1) is 40.3. The number of nitrogens with zero attached hydrogens (tertiary/aromatic N) is 4. The van der Waals surface area contributed by atoms with Crippen LogP contribution < -0.4 is 0 Å². The zero-order chi connectivity index (χ0) is 39.3. The minimum absolute atomic E-state index is 0. The van der Waals surface area contributed by atoms with E-state index in [1.807, 2.05) is 66.6 Å². The number of hydrogen-bond acceptors (Lipinski definition) is 4. The molecule has 0 unspecified atom stereocenters. The fraction of sp³-hybridized carbons (Fsp3) is 0.173. The number of aromatic nitrogens is 4. The minimum atomic E-state index is 0. The molecular weight excluding hydrogens is 889 g/mol. The van der Waals surface area contributed by atoms with Crippen LogP contribution in [0.5, 0.6) is 0 Å². The van der Waals surface area contributed by atoms with Gasteiger partial charge in [0.2, 0.25) is 0 Å². The van der Waals surface area contributed by atoms with Gasteiger partial charge in [-0.25, -0.2) is 0 Å². The summed E-state index contributed by atoms with van der Waals surface area (Å²) in [4.78, 5) is 13.7. The van der Waals surface area contributed by atoms with Gasteiger partial charge in [-0.3, -0.25) is 4.98 Å². The summed E-state index contributed by atoms with van der Waals surface area (Å²) in [5, 5.41) is 2.23. The number of imidazole rings is 1. The van der Waals surface area contributed by atoms with Crippen LogP contribution in [0, 0.1) is 45.9 Å². The Hall–Kier alpha value is -5.94. The number of benzene rings is 5. The maximum atomic E-state index is 5.98. The van der Waals surface area contributed by atoms with Crippen LogP contribution in [0.2, 0.25) is 0 Å². The van der Waals surface area contributed by atoms with E-state index >= 15 is 0 Å². The average Bonchev–Trinajstić information content (AvgIpc) is 3.85. The third kappa shape index (κ3) is 9.10. The Kier molecular flexibility index (Phi) is 12.6. The monoisotopic (exact) mass is 934 g/mol. The fourth-order valence-electron chi connectivity index (χ4n) is 7.17. The third-order valence-electron chi connectivity index (χ3n) is 10.7. The molecule has 0 aliphatic rings. The second kappa shape index (κ2) is 18.1. The van der Waals surface area contributed by atoms with E-state index in [4.69, 9.17) is 9.40 Å². The van der Waals surface area contributed by atoms with Gasteiger partial charge in [0.25, 0.3) is 0 Å². The number of pyridine rings is 2. The van der Waals surface area contributed by atoms with Gasteiger partial charge in [-0.1, -0.05) is 90.0 Å². The minimum Gasteiger partial charge on any atom is -0.501 e. The zero-order valence-electron chi connectivity index (χ0n) is 33.6. The summed E-state index contributed by atoms with van der Waals surface area (Å²) in [5.41, 5.74) is 17.1. The molecule has 0 fully saturated rings. The van der Waals surface area contributed by atoms with Crippen molar-refractivity contribution in [2.24, 2.45) is 7.05 Å². The van der Waals surface area contributed by atoms with Gasteiger partial charge in [-0.15, -0.1) is 89.0 Å². The number of hydrogen-bond donors (Lipinski definition) is 0. The maximum absolute atomic E-state index is 5.98. The Labute approximate surface area is 355 Å². The Morgan fingerprint density at radius 2 is 1.31 bits per heavy atom. The number of para-hydroxylation sites is 1. The summed E-state index contributed by atoms with van der Waals surface area (Å²) in [7, 11) is 1.97. The SMILES string of the molecule is Cc1c[c-]c(-c2cc(C)c(CCc3cccc(CCc4c[c-]c(-c5cc(C)c(C)cn5)cc4)c3)cn2)cc1.Cn1ccnc1-c1[c-]ccc2c1oc1ccccc12.[Ir+3]. The first-order valence-electron chi connectivity index (χ1n) is 19.5. The Morgan fingerprint density at radius 3 is 2.00 bits per heavy atom. The summed E-state index contributed by atoms with van der Waals surface area (Å²) < 4.78 is 7.95. The summed E-state index contributed by atoms with van der Waals surface area (Å²) in [6.45, 7) is 8.48. The molecule has 288 valence electrons. The number of fused-ring (bicyclic) bond motifs is 3. The Morgan fingerprint density at radius 1 is 0.603 bits per heavy atom. The summed E-state index contributed by atoms with van der Waals surface area (Å²) in [6.07, 6.45) is 11.7. The molecule has 5 aromatic carbocycles. The van der Waals surface area contributed by atoms with Crippen molar-refractivity contribution in [3.8, 4) is 33.9 Å². The Balaban J connectivity index is 0.000000213. The molecule has 5 nitrogen and oxygen atoms in total. The van der Waals surface area contributed by atoms with Crippen molar-refractivity contribution in [3.05, 3.63) is 197 Å². The average molecular weight is 934 g/mol. The Bertz CT molecular complexity index is 2800. The van der Waals surface area contributed by atoms with Crippen molar-refractivity contribution in [2.75, 3.05) is 0 Å². The van der Waals surface area contributed by atoms with E-state index < -0.39 is 0 Å². The molecule has 4 heterocycles. The van der Waals surface area contributed by atoms with Gasteiger partial charge in [-0.2, -0.15) is 0 Å². The fourth-order valence-corrected chi connectivity index (χ4v) is 7.17. The van der Waals surface area contributed by atoms with Crippen LogP contribution in [0.3, 0.4) is 0 Å². The number of furan rings is 1. The second-order valence-corrected chi connectivity index (χ2v) is 14.9. The first-order chi connectivity index (χ1) is 27.8. The van der Waals surface area contributed by atoms with Gasteiger partial charge < -0.3 is 19.0 Å². The van der Waals surface area contributed by atoms with E-state index in [0.717, 1.165) is 81.5 Å². The molecule has 0 saturated heterocycles. The summed E-state index contributed by atoms with van der Waals surface area (Å²) in [6, 6.07) is 48.1. The molecule has 9 aromatic rings. The molecule has 6 heteroatoms. The summed E-state index contributed by atoms with van der Waals surface area (Å²) >= 11 is 0. The maximum Gasteiger partial charge on any atom is 3.00 e. The topological polar surface area (TPSA) is 56.7 Å². The van der Waals surface area contributed by atoms with Crippen molar-refractivity contribution in [2.45, 2.75) is 53.4 Å². The normalized spacial score (nSPS) is 11.0. The molecule has 58 heavy (non-hydrogen) atoms. The third-order valence-corrected chi connectivity index (χ3v) is 10.7. The quantitative estimate of drug-likeness (QED) is 0.135. The van der Waals surface area contributed by atoms with E-state index in [0.29, 0.717) is 0 Å². The largest absolute Gasteiger partial charge is 3.00 e. The molecule has 0 radical (unpaired) electrons. The summed E-state index contributed by atoms with van der Waals surface area (Å²) in [5.74, 6) is 0.865. The van der Waals surface area contributed by atoms with Crippen molar-refractivity contribution in [1.82, 2.24) is 19.5 Å². The standard InChI is InChI=1S/C36H34N2.C16H11N2O.Ir/c1-25-8-15-32(16-9-25)36-21-27(3)34(24-38-36)19-14-31-7-5-6-30(22-31)11-10-29-12-17-33(18-13-29)35-20-26(2)28(4)23-37-35;1-18-10-9-17-16(18)13-7-4-6-12-11-5-2-3-8-14(11)19-15(12)13;/h5-9,12-13,15,17,20-24H,10-11,14,19H2,1-4H3;2-6,8-10H,1H3;/q-2;-1;+3. The van der Waals surface area contributed by atoms with E-state index in [1.54, 1.807) is 6.20 Å². The van der Waals surface area contributed by atoms with E-state index in [-0.39, 0.29) is 20.1 Å². The predicted molar refractivity (Wildman–Crippen MR) is 232 cm³/mol. The van der Waals surface area contributed by atoms with Crippen molar-refractivity contribution >= 4 is 21.9 Å². The van der Waals surface area contributed by atoms with Crippen molar-refractivity contribution < 1.29 is 24.5 Å². The molecule has 0 aliphatic heterocycles. The van der Waals surface area contributed by atoms with E-state index in [9.17, 15) is 0 Å². The number of rotatable bonds is 9.